The fourth-order valence-corrected chi connectivity index (χ4v) is 4.21. The van der Waals surface area contributed by atoms with Gasteiger partial charge in [-0.15, -0.1) is 0 Å². The van der Waals surface area contributed by atoms with E-state index < -0.39 is 33.3 Å². The Morgan fingerprint density at radius 3 is 2.66 bits per heavy atom. The number of amides is 2. The molecule has 0 radical (unpaired) electrons. The summed E-state index contributed by atoms with van der Waals surface area (Å²) in [7, 11) is -3.30. The Bertz CT molecular complexity index is 1270. The number of nitriles is 1. The molecule has 1 aliphatic rings. The lowest BCUT2D eigenvalue weighted by Crippen LogP contribution is -2.35. The number of benzene rings is 1. The molecule has 2 amide bonds. The van der Waals surface area contributed by atoms with Crippen LogP contribution in [-0.2, 0) is 27.6 Å². The number of sulfone groups is 1. The molecular formula is C21H21FN4O5S. The highest BCUT2D eigenvalue weighted by Crippen LogP contribution is 2.30. The molecule has 1 aromatic heterocycles. The van der Waals surface area contributed by atoms with E-state index in [9.17, 15) is 27.2 Å². The van der Waals surface area contributed by atoms with Crippen molar-refractivity contribution in [1.29, 1.82) is 5.26 Å². The summed E-state index contributed by atoms with van der Waals surface area (Å²) < 4.78 is 37.7. The Hall–Kier alpha value is -3.52. The highest BCUT2D eigenvalue weighted by atomic mass is 32.2. The van der Waals surface area contributed by atoms with Crippen LogP contribution in [0.25, 0.3) is 0 Å². The van der Waals surface area contributed by atoms with Gasteiger partial charge in [-0.05, 0) is 43.5 Å². The fourth-order valence-electron chi connectivity index (χ4n) is 3.74. The number of rotatable bonds is 7. The molecule has 0 bridgehead atoms. The van der Waals surface area contributed by atoms with Gasteiger partial charge in [0.1, 0.15) is 27.4 Å². The van der Waals surface area contributed by atoms with Crippen molar-refractivity contribution < 1.29 is 27.2 Å². The van der Waals surface area contributed by atoms with Gasteiger partial charge in [-0.3, -0.25) is 14.4 Å². The Kier molecular flexibility index (Phi) is 6.45. The number of anilines is 1. The quantitative estimate of drug-likeness (QED) is 0.472. The van der Waals surface area contributed by atoms with Crippen LogP contribution in [0, 0.1) is 24.1 Å². The van der Waals surface area contributed by atoms with Crippen molar-refractivity contribution >= 4 is 33.1 Å². The van der Waals surface area contributed by atoms with Gasteiger partial charge in [-0.1, -0.05) is 0 Å². The number of carbonyl (C=O) groups excluding carboxylic acids is 3. The standard InChI is InChI=1S/C21H21FN4O5S/c1-12-17(19(27)21(29)24-7-9-32(2,30)31)16-4-3-8-26(16)18(12)20(28)25-14-5-6-15(22)13(10-14)11-23/h5-6,10H,3-4,7-9H2,1-2H3,(H,24,29)(H,25,28). The molecular weight excluding hydrogens is 439 g/mol. The number of hydrogen-bond donors (Lipinski definition) is 2. The van der Waals surface area contributed by atoms with Gasteiger partial charge in [0, 0.05) is 30.7 Å². The van der Waals surface area contributed by atoms with E-state index in [2.05, 4.69) is 10.6 Å². The summed E-state index contributed by atoms with van der Waals surface area (Å²) in [6.45, 7) is 1.84. The molecule has 2 heterocycles. The van der Waals surface area contributed by atoms with Crippen LogP contribution in [0.3, 0.4) is 0 Å². The van der Waals surface area contributed by atoms with Crippen LogP contribution in [0.5, 0.6) is 0 Å². The number of fused-ring (bicyclic) bond motifs is 1. The molecule has 0 saturated heterocycles. The van der Waals surface area contributed by atoms with Crippen LogP contribution in [-0.4, -0.2) is 49.1 Å². The first-order valence-corrected chi connectivity index (χ1v) is 11.8. The number of ketones is 1. The van der Waals surface area contributed by atoms with Gasteiger partial charge in [0.25, 0.3) is 17.6 Å². The molecule has 2 N–H and O–H groups in total. The molecule has 1 aromatic carbocycles. The van der Waals surface area contributed by atoms with E-state index >= 15 is 0 Å². The van der Waals surface area contributed by atoms with Gasteiger partial charge in [-0.25, -0.2) is 12.8 Å². The Morgan fingerprint density at radius 2 is 2.00 bits per heavy atom. The second-order valence-electron chi connectivity index (χ2n) is 7.53. The predicted octanol–water partition coefficient (Wildman–Crippen LogP) is 1.35. The number of nitrogens with zero attached hydrogens (tertiary/aromatic N) is 2. The molecule has 168 valence electrons. The molecule has 9 nitrogen and oxygen atoms in total. The summed E-state index contributed by atoms with van der Waals surface area (Å²) in [5.74, 6) is -3.34. The number of carbonyl (C=O) groups is 3. The Labute approximate surface area is 184 Å². The van der Waals surface area contributed by atoms with Crippen molar-refractivity contribution in [3.8, 4) is 6.07 Å². The van der Waals surface area contributed by atoms with E-state index in [1.807, 2.05) is 0 Å². The van der Waals surface area contributed by atoms with Crippen LogP contribution in [0.2, 0.25) is 0 Å². The summed E-state index contributed by atoms with van der Waals surface area (Å²) in [6, 6.07) is 5.29. The second kappa shape index (κ2) is 8.92. The smallest absolute Gasteiger partial charge is 0.292 e. The number of hydrogen-bond acceptors (Lipinski definition) is 6. The van der Waals surface area contributed by atoms with E-state index in [-0.39, 0.29) is 34.8 Å². The van der Waals surface area contributed by atoms with Crippen LogP contribution in [0.15, 0.2) is 18.2 Å². The van der Waals surface area contributed by atoms with Gasteiger partial charge in [0.2, 0.25) is 0 Å². The third-order valence-electron chi connectivity index (χ3n) is 5.16. The molecule has 0 spiro atoms. The molecule has 32 heavy (non-hydrogen) atoms. The maximum Gasteiger partial charge on any atom is 0.292 e. The molecule has 0 unspecified atom stereocenters. The minimum absolute atomic E-state index is 0.126. The zero-order valence-electron chi connectivity index (χ0n) is 17.5. The number of halogens is 1. The van der Waals surface area contributed by atoms with Crippen LogP contribution < -0.4 is 10.6 Å². The molecule has 0 fully saturated rings. The minimum Gasteiger partial charge on any atom is -0.348 e. The summed E-state index contributed by atoms with van der Waals surface area (Å²) in [6.07, 6.45) is 2.21. The Balaban J connectivity index is 1.87. The largest absolute Gasteiger partial charge is 0.348 e. The monoisotopic (exact) mass is 460 g/mol. The van der Waals surface area contributed by atoms with E-state index in [1.54, 1.807) is 17.6 Å². The van der Waals surface area contributed by atoms with Crippen molar-refractivity contribution in [2.45, 2.75) is 26.3 Å². The van der Waals surface area contributed by atoms with E-state index in [0.717, 1.165) is 12.3 Å². The van der Waals surface area contributed by atoms with Gasteiger partial charge in [0.15, 0.2) is 0 Å². The SMILES string of the molecule is Cc1c(C(=O)C(=O)NCCS(C)(=O)=O)c2n(c1C(=O)Nc1ccc(F)c(C#N)c1)CCC2. The van der Waals surface area contributed by atoms with Crippen LogP contribution in [0.4, 0.5) is 10.1 Å². The zero-order valence-corrected chi connectivity index (χ0v) is 18.3. The maximum absolute atomic E-state index is 13.5. The van der Waals surface area contributed by atoms with Crippen molar-refractivity contribution in [2.75, 3.05) is 23.9 Å². The van der Waals surface area contributed by atoms with Gasteiger partial charge in [0.05, 0.1) is 16.9 Å². The average Bonchev–Trinajstić information content (AvgIpc) is 3.27. The number of Topliss-reactive ketones (excluding diaryl/α,β-unsaturated/α-hetero) is 1. The van der Waals surface area contributed by atoms with Crippen molar-refractivity contribution in [3.05, 3.63) is 52.1 Å². The maximum atomic E-state index is 13.5. The number of nitrogens with one attached hydrogen (secondary N) is 2. The van der Waals surface area contributed by atoms with Crippen LogP contribution >= 0.6 is 0 Å². The van der Waals surface area contributed by atoms with Gasteiger partial charge in [-0.2, -0.15) is 5.26 Å². The van der Waals surface area contributed by atoms with E-state index in [4.69, 9.17) is 5.26 Å². The van der Waals surface area contributed by atoms with Crippen molar-refractivity contribution in [1.82, 2.24) is 9.88 Å². The first kappa shape index (κ1) is 23.1. The molecule has 0 saturated carbocycles. The predicted molar refractivity (Wildman–Crippen MR) is 114 cm³/mol. The molecule has 0 atom stereocenters. The molecule has 3 rings (SSSR count). The lowest BCUT2D eigenvalue weighted by atomic mass is 10.0. The highest BCUT2D eigenvalue weighted by molar-refractivity contribution is 7.90. The van der Waals surface area contributed by atoms with E-state index in [1.165, 1.54) is 12.1 Å². The fraction of sp³-hybridized carbons (Fsp3) is 0.333. The van der Waals surface area contributed by atoms with Gasteiger partial charge < -0.3 is 15.2 Å². The first-order valence-electron chi connectivity index (χ1n) is 9.76. The summed E-state index contributed by atoms with van der Waals surface area (Å²) in [5.41, 5.74) is 1.21. The van der Waals surface area contributed by atoms with Gasteiger partial charge >= 0.3 is 0 Å². The third-order valence-corrected chi connectivity index (χ3v) is 6.11. The third kappa shape index (κ3) is 4.70. The topological polar surface area (TPSA) is 138 Å². The molecule has 11 heteroatoms. The minimum atomic E-state index is -3.30. The van der Waals surface area contributed by atoms with Crippen molar-refractivity contribution in [3.63, 3.8) is 0 Å². The summed E-state index contributed by atoms with van der Waals surface area (Å²) >= 11 is 0. The summed E-state index contributed by atoms with van der Waals surface area (Å²) in [5, 5.41) is 13.9. The highest BCUT2D eigenvalue weighted by Gasteiger charge is 2.33. The number of aromatic nitrogens is 1. The first-order chi connectivity index (χ1) is 15.0. The lowest BCUT2D eigenvalue weighted by molar-refractivity contribution is -0.116. The van der Waals surface area contributed by atoms with E-state index in [0.29, 0.717) is 30.6 Å². The molecule has 0 aliphatic carbocycles. The van der Waals surface area contributed by atoms with Crippen LogP contribution in [0.1, 0.15) is 44.1 Å². The Morgan fingerprint density at radius 1 is 1.28 bits per heavy atom. The lowest BCUT2D eigenvalue weighted by Gasteiger charge is -2.09. The van der Waals surface area contributed by atoms with Crippen molar-refractivity contribution in [2.24, 2.45) is 0 Å². The normalized spacial score (nSPS) is 12.7. The molecule has 2 aromatic rings. The molecule has 1 aliphatic heterocycles. The average molecular weight is 460 g/mol. The zero-order chi connectivity index (χ0) is 23.6. The summed E-state index contributed by atoms with van der Waals surface area (Å²) in [4.78, 5) is 38.1. The second-order valence-corrected chi connectivity index (χ2v) is 9.79.